The van der Waals surface area contributed by atoms with Crippen molar-refractivity contribution in [3.63, 3.8) is 0 Å². The van der Waals surface area contributed by atoms with Crippen molar-refractivity contribution in [3.05, 3.63) is 59.3 Å². The molecule has 2 aromatic rings. The molecule has 0 spiro atoms. The Morgan fingerprint density at radius 3 is 2.61 bits per heavy atom. The molecule has 1 aromatic heterocycles. The maximum atomic E-state index is 13.2. The first-order valence-electron chi connectivity index (χ1n) is 11.2. The summed E-state index contributed by atoms with van der Waals surface area (Å²) < 4.78 is 24.7. The Kier molecular flexibility index (Phi) is 7.37. The molecule has 168 valence electrons. The Hall–Kier alpha value is -2.22. The van der Waals surface area contributed by atoms with Gasteiger partial charge in [-0.1, -0.05) is 18.6 Å². The summed E-state index contributed by atoms with van der Waals surface area (Å²) in [5, 5.41) is 3.20. The molecule has 0 saturated carbocycles. The normalized spacial score (nSPS) is 21.7. The van der Waals surface area contributed by atoms with Crippen molar-refractivity contribution in [3.8, 4) is 0 Å². The summed E-state index contributed by atoms with van der Waals surface area (Å²) in [6.07, 6.45) is 2.96. The van der Waals surface area contributed by atoms with Crippen LogP contribution in [0.2, 0.25) is 0 Å². The van der Waals surface area contributed by atoms with E-state index in [4.69, 9.17) is 9.15 Å². The second kappa shape index (κ2) is 10.4. The van der Waals surface area contributed by atoms with E-state index in [-0.39, 0.29) is 23.8 Å². The van der Waals surface area contributed by atoms with Gasteiger partial charge in [-0.3, -0.25) is 14.6 Å². The van der Waals surface area contributed by atoms with Crippen molar-refractivity contribution < 1.29 is 18.3 Å². The summed E-state index contributed by atoms with van der Waals surface area (Å²) in [6, 6.07) is 10.4. The van der Waals surface area contributed by atoms with E-state index in [1.54, 1.807) is 12.1 Å². The zero-order chi connectivity index (χ0) is 21.6. The second-order valence-electron chi connectivity index (χ2n) is 8.47. The zero-order valence-electron chi connectivity index (χ0n) is 18.2. The number of amides is 1. The number of nitrogens with one attached hydrogen (secondary N) is 1. The van der Waals surface area contributed by atoms with E-state index < -0.39 is 0 Å². The Labute approximate surface area is 183 Å². The van der Waals surface area contributed by atoms with Gasteiger partial charge in [-0.2, -0.15) is 0 Å². The van der Waals surface area contributed by atoms with Gasteiger partial charge in [-0.15, -0.1) is 0 Å². The van der Waals surface area contributed by atoms with Crippen molar-refractivity contribution >= 4 is 5.91 Å². The first kappa shape index (κ1) is 22.0. The third-order valence-electron chi connectivity index (χ3n) is 6.26. The molecule has 2 aliphatic heterocycles. The van der Waals surface area contributed by atoms with Crippen LogP contribution in [-0.4, -0.2) is 61.1 Å². The number of carbonyl (C=O) groups excluding carboxylic acids is 1. The van der Waals surface area contributed by atoms with E-state index >= 15 is 0 Å². The van der Waals surface area contributed by atoms with E-state index in [0.29, 0.717) is 26.3 Å². The lowest BCUT2D eigenvalue weighted by Crippen LogP contribution is -2.51. The van der Waals surface area contributed by atoms with Crippen LogP contribution < -0.4 is 5.32 Å². The van der Waals surface area contributed by atoms with E-state index in [0.717, 1.165) is 56.0 Å². The molecule has 0 bridgehead atoms. The number of piperidine rings is 1. The van der Waals surface area contributed by atoms with Crippen molar-refractivity contribution in [2.24, 2.45) is 0 Å². The monoisotopic (exact) mass is 429 g/mol. The first-order valence-corrected chi connectivity index (χ1v) is 11.2. The Balaban J connectivity index is 1.41. The molecule has 1 aromatic carbocycles. The number of carbonyl (C=O) groups is 1. The van der Waals surface area contributed by atoms with E-state index in [1.165, 1.54) is 12.1 Å². The molecule has 31 heavy (non-hydrogen) atoms. The van der Waals surface area contributed by atoms with Crippen LogP contribution in [0.15, 0.2) is 40.8 Å². The highest BCUT2D eigenvalue weighted by molar-refractivity contribution is 5.81. The lowest BCUT2D eigenvalue weighted by molar-refractivity contribution is -0.128. The summed E-state index contributed by atoms with van der Waals surface area (Å²) in [7, 11) is 0. The maximum Gasteiger partial charge on any atom is 0.237 e. The summed E-state index contributed by atoms with van der Waals surface area (Å²) in [5.74, 6) is 1.58. The zero-order valence-corrected chi connectivity index (χ0v) is 18.2. The van der Waals surface area contributed by atoms with Gasteiger partial charge in [0.05, 0.1) is 25.3 Å². The molecule has 1 amide bonds. The second-order valence-corrected chi connectivity index (χ2v) is 8.47. The molecule has 0 radical (unpaired) electrons. The standard InChI is InChI=1S/C24H32FN3O3/c1-18-5-10-23(31-18)22(27-12-14-30-15-13-27)16-26-24(29)21-4-2-3-11-28(21)17-19-6-8-20(25)9-7-19/h5-10,21-22H,2-4,11-17H2,1H3,(H,26,29)/t21-,22-/m0/s1. The molecule has 4 rings (SSSR count). The molecule has 3 heterocycles. The van der Waals surface area contributed by atoms with E-state index in [9.17, 15) is 9.18 Å². The summed E-state index contributed by atoms with van der Waals surface area (Å²) >= 11 is 0. The molecular formula is C24H32FN3O3. The van der Waals surface area contributed by atoms with E-state index in [2.05, 4.69) is 15.1 Å². The van der Waals surface area contributed by atoms with E-state index in [1.807, 2.05) is 19.1 Å². The number of aryl methyl sites for hydroxylation is 1. The minimum absolute atomic E-state index is 0.00399. The smallest absolute Gasteiger partial charge is 0.237 e. The number of benzene rings is 1. The summed E-state index contributed by atoms with van der Waals surface area (Å²) in [5.41, 5.74) is 1.03. The third-order valence-corrected chi connectivity index (χ3v) is 6.26. The Morgan fingerprint density at radius 1 is 1.13 bits per heavy atom. The maximum absolute atomic E-state index is 13.2. The van der Waals surface area contributed by atoms with Gasteiger partial charge in [0, 0.05) is 26.2 Å². The molecule has 2 aliphatic rings. The van der Waals surface area contributed by atoms with Crippen LogP contribution in [0.1, 0.15) is 42.4 Å². The van der Waals surface area contributed by atoms with Crippen molar-refractivity contribution in [1.29, 1.82) is 0 Å². The predicted octanol–water partition coefficient (Wildman–Crippen LogP) is 3.27. The van der Waals surface area contributed by atoms with Gasteiger partial charge in [0.2, 0.25) is 5.91 Å². The quantitative estimate of drug-likeness (QED) is 0.732. The van der Waals surface area contributed by atoms with Gasteiger partial charge in [0.15, 0.2) is 0 Å². The molecule has 2 atom stereocenters. The average molecular weight is 430 g/mol. The number of rotatable bonds is 7. The van der Waals surface area contributed by atoms with Crippen molar-refractivity contribution in [1.82, 2.24) is 15.1 Å². The number of halogens is 1. The van der Waals surface area contributed by atoms with Crippen LogP contribution >= 0.6 is 0 Å². The number of nitrogens with zero attached hydrogens (tertiary/aromatic N) is 2. The highest BCUT2D eigenvalue weighted by Crippen LogP contribution is 2.24. The fourth-order valence-corrected chi connectivity index (χ4v) is 4.55. The topological polar surface area (TPSA) is 58.0 Å². The molecule has 2 saturated heterocycles. The molecule has 0 aliphatic carbocycles. The minimum Gasteiger partial charge on any atom is -0.465 e. The van der Waals surface area contributed by atoms with Crippen LogP contribution in [0.5, 0.6) is 0 Å². The number of morpholine rings is 1. The fourth-order valence-electron chi connectivity index (χ4n) is 4.55. The van der Waals surface area contributed by atoms with Gasteiger partial charge in [-0.25, -0.2) is 4.39 Å². The highest BCUT2D eigenvalue weighted by Gasteiger charge is 2.31. The fraction of sp³-hybridized carbons (Fsp3) is 0.542. The van der Waals surface area contributed by atoms with Crippen molar-refractivity contribution in [2.45, 2.75) is 44.8 Å². The Bertz CT molecular complexity index is 848. The predicted molar refractivity (Wildman–Crippen MR) is 116 cm³/mol. The Morgan fingerprint density at radius 2 is 1.90 bits per heavy atom. The van der Waals surface area contributed by atoms with Gasteiger partial charge < -0.3 is 14.5 Å². The highest BCUT2D eigenvalue weighted by atomic mass is 19.1. The van der Waals surface area contributed by atoms with Crippen molar-refractivity contribution in [2.75, 3.05) is 39.4 Å². The van der Waals surface area contributed by atoms with Gasteiger partial charge in [0.25, 0.3) is 0 Å². The lowest BCUT2D eigenvalue weighted by Gasteiger charge is -2.36. The minimum atomic E-state index is -0.237. The van der Waals surface area contributed by atoms with Crippen LogP contribution in [0.4, 0.5) is 4.39 Å². The molecule has 6 nitrogen and oxygen atoms in total. The van der Waals surface area contributed by atoms with Gasteiger partial charge in [-0.05, 0) is 56.1 Å². The lowest BCUT2D eigenvalue weighted by atomic mass is 10.00. The van der Waals surface area contributed by atoms with Crippen LogP contribution in [0.25, 0.3) is 0 Å². The third kappa shape index (κ3) is 5.73. The molecule has 7 heteroatoms. The largest absolute Gasteiger partial charge is 0.465 e. The molecule has 0 unspecified atom stereocenters. The van der Waals surface area contributed by atoms with Crippen LogP contribution in [0, 0.1) is 12.7 Å². The number of likely N-dealkylation sites (tertiary alicyclic amines) is 1. The first-order chi connectivity index (χ1) is 15.1. The molecular weight excluding hydrogens is 397 g/mol. The van der Waals surface area contributed by atoms with Crippen LogP contribution in [-0.2, 0) is 16.1 Å². The van der Waals surface area contributed by atoms with Gasteiger partial charge in [0.1, 0.15) is 17.3 Å². The number of hydrogen-bond donors (Lipinski definition) is 1. The number of ether oxygens (including phenoxy) is 1. The summed E-state index contributed by atoms with van der Waals surface area (Å²) in [4.78, 5) is 17.7. The van der Waals surface area contributed by atoms with Crippen LogP contribution in [0.3, 0.4) is 0 Å². The number of furan rings is 1. The number of hydrogen-bond acceptors (Lipinski definition) is 5. The average Bonchev–Trinajstić information content (AvgIpc) is 3.22. The SMILES string of the molecule is Cc1ccc([C@H](CNC(=O)[C@@H]2CCCCN2Cc2ccc(F)cc2)N2CCOCC2)o1. The molecule has 2 fully saturated rings. The molecule has 1 N–H and O–H groups in total. The van der Waals surface area contributed by atoms with Gasteiger partial charge >= 0.3 is 0 Å². The summed E-state index contributed by atoms with van der Waals surface area (Å²) in [6.45, 7) is 7.00.